The maximum atomic E-state index is 4.20. The van der Waals surface area contributed by atoms with Crippen molar-refractivity contribution in [3.8, 4) is 0 Å². The largest absolute Gasteiger partial charge is 0.179 e. The van der Waals surface area contributed by atoms with E-state index >= 15 is 0 Å². The maximum Gasteiger partial charge on any atom is 0 e. The first kappa shape index (κ1) is 17.3. The molecule has 0 aromatic rings. The quantitative estimate of drug-likeness (QED) is 0.422. The molecule has 1 radical (unpaired) electrons. The van der Waals surface area contributed by atoms with Crippen LogP contribution >= 0.6 is 12.6 Å². The molecule has 0 rings (SSSR count). The predicted octanol–water partition coefficient (Wildman–Crippen LogP) is 4.83. The molecule has 0 saturated heterocycles. The van der Waals surface area contributed by atoms with Gasteiger partial charge in [0.25, 0.3) is 0 Å². The molecule has 0 aliphatic rings. The molecule has 0 fully saturated rings. The van der Waals surface area contributed by atoms with Gasteiger partial charge in [0.15, 0.2) is 0 Å². The number of hydrogen-bond donors (Lipinski definition) is 1. The Kier molecular flexibility index (Phi) is 20.1. The summed E-state index contributed by atoms with van der Waals surface area (Å²) in [4.78, 5) is 0. The Morgan fingerprint density at radius 3 is 1.36 bits per heavy atom. The van der Waals surface area contributed by atoms with Gasteiger partial charge in [-0.25, -0.2) is 0 Å². The van der Waals surface area contributed by atoms with Crippen molar-refractivity contribution >= 4 is 12.6 Å². The van der Waals surface area contributed by atoms with Crippen LogP contribution in [0.15, 0.2) is 0 Å². The molecule has 0 amide bonds. The van der Waals surface area contributed by atoms with Gasteiger partial charge in [-0.05, 0) is 12.2 Å². The van der Waals surface area contributed by atoms with Crippen molar-refractivity contribution in [1.82, 2.24) is 0 Å². The molecular formula is C12H26CoS. The number of rotatable bonds is 10. The monoisotopic (exact) mass is 261 g/mol. The van der Waals surface area contributed by atoms with Crippen LogP contribution in [0, 0.1) is 0 Å². The second-order valence-electron chi connectivity index (χ2n) is 3.91. The van der Waals surface area contributed by atoms with E-state index in [1.54, 1.807) is 0 Å². The Hall–Kier alpha value is 0.856. The van der Waals surface area contributed by atoms with Crippen molar-refractivity contribution in [3.05, 3.63) is 0 Å². The summed E-state index contributed by atoms with van der Waals surface area (Å²) in [7, 11) is 0. The normalized spacial score (nSPS) is 9.86. The van der Waals surface area contributed by atoms with Gasteiger partial charge < -0.3 is 0 Å². The van der Waals surface area contributed by atoms with E-state index in [4.69, 9.17) is 0 Å². The number of thiol groups is 1. The van der Waals surface area contributed by atoms with E-state index in [9.17, 15) is 0 Å². The van der Waals surface area contributed by atoms with Crippen molar-refractivity contribution in [3.63, 3.8) is 0 Å². The van der Waals surface area contributed by atoms with Gasteiger partial charge in [-0.3, -0.25) is 0 Å². The summed E-state index contributed by atoms with van der Waals surface area (Å²) >= 11 is 4.20. The van der Waals surface area contributed by atoms with Gasteiger partial charge in [-0.1, -0.05) is 64.7 Å². The van der Waals surface area contributed by atoms with Gasteiger partial charge in [-0.2, -0.15) is 12.6 Å². The van der Waals surface area contributed by atoms with Gasteiger partial charge in [0, 0.05) is 16.8 Å². The summed E-state index contributed by atoms with van der Waals surface area (Å²) in [6.07, 6.45) is 14.2. The zero-order valence-corrected chi connectivity index (χ0v) is 11.5. The predicted molar refractivity (Wildman–Crippen MR) is 65.7 cm³/mol. The molecule has 0 aromatic heterocycles. The standard InChI is InChI=1S/C12H26S.Co/c1-2-3-4-5-6-7-8-9-10-11-12-13;/h13H,2-12H2,1H3;. The van der Waals surface area contributed by atoms with E-state index in [-0.39, 0.29) is 16.8 Å². The summed E-state index contributed by atoms with van der Waals surface area (Å²) in [5, 5.41) is 0. The van der Waals surface area contributed by atoms with Gasteiger partial charge in [0.2, 0.25) is 0 Å². The molecule has 0 aromatic carbocycles. The first-order chi connectivity index (χ1) is 6.41. The molecule has 14 heavy (non-hydrogen) atoms. The van der Waals surface area contributed by atoms with Crippen LogP contribution in [-0.4, -0.2) is 5.75 Å². The Bertz CT molecular complexity index is 76.4. The average Bonchev–Trinajstić information content (AvgIpc) is 2.16. The minimum absolute atomic E-state index is 0. The van der Waals surface area contributed by atoms with Crippen molar-refractivity contribution in [2.24, 2.45) is 0 Å². The summed E-state index contributed by atoms with van der Waals surface area (Å²) < 4.78 is 0. The first-order valence-corrected chi connectivity index (χ1v) is 6.66. The number of hydrogen-bond acceptors (Lipinski definition) is 1. The van der Waals surface area contributed by atoms with Crippen LogP contribution in [-0.2, 0) is 16.8 Å². The third-order valence-electron chi connectivity index (χ3n) is 2.51. The van der Waals surface area contributed by atoms with Gasteiger partial charge in [-0.15, -0.1) is 0 Å². The van der Waals surface area contributed by atoms with E-state index < -0.39 is 0 Å². The van der Waals surface area contributed by atoms with Crippen molar-refractivity contribution in [2.75, 3.05) is 5.75 Å². The second kappa shape index (κ2) is 16.3. The zero-order valence-electron chi connectivity index (χ0n) is 9.56. The zero-order chi connectivity index (χ0) is 9.78. The minimum atomic E-state index is 0. The van der Waals surface area contributed by atoms with E-state index in [0.29, 0.717) is 0 Å². The molecule has 0 atom stereocenters. The van der Waals surface area contributed by atoms with Gasteiger partial charge >= 0.3 is 0 Å². The Balaban J connectivity index is 0. The molecule has 0 bridgehead atoms. The Morgan fingerprint density at radius 2 is 1.00 bits per heavy atom. The summed E-state index contributed by atoms with van der Waals surface area (Å²) in [6, 6.07) is 0. The molecule has 0 saturated carbocycles. The average molecular weight is 261 g/mol. The van der Waals surface area contributed by atoms with Crippen LogP contribution < -0.4 is 0 Å². The third-order valence-corrected chi connectivity index (χ3v) is 2.83. The molecule has 89 valence electrons. The first-order valence-electron chi connectivity index (χ1n) is 6.02. The molecule has 0 aliphatic carbocycles. The smallest absolute Gasteiger partial charge is 0 e. The molecule has 0 unspecified atom stereocenters. The minimum Gasteiger partial charge on any atom is -0.179 e. The molecular weight excluding hydrogens is 235 g/mol. The van der Waals surface area contributed by atoms with Gasteiger partial charge in [0.1, 0.15) is 0 Å². The number of unbranched alkanes of at least 4 members (excludes halogenated alkanes) is 9. The van der Waals surface area contributed by atoms with E-state index in [1.807, 2.05) is 0 Å². The van der Waals surface area contributed by atoms with Crippen molar-refractivity contribution in [1.29, 1.82) is 0 Å². The van der Waals surface area contributed by atoms with E-state index in [0.717, 1.165) is 5.75 Å². The van der Waals surface area contributed by atoms with Crippen molar-refractivity contribution in [2.45, 2.75) is 71.1 Å². The Morgan fingerprint density at radius 1 is 0.643 bits per heavy atom. The molecule has 0 N–H and O–H groups in total. The fourth-order valence-electron chi connectivity index (χ4n) is 1.60. The molecule has 0 heterocycles. The van der Waals surface area contributed by atoms with E-state index in [2.05, 4.69) is 19.6 Å². The van der Waals surface area contributed by atoms with Crippen LogP contribution in [0.3, 0.4) is 0 Å². The second-order valence-corrected chi connectivity index (χ2v) is 4.35. The van der Waals surface area contributed by atoms with Gasteiger partial charge in [0.05, 0.1) is 0 Å². The van der Waals surface area contributed by atoms with Crippen LogP contribution in [0.2, 0.25) is 0 Å². The molecule has 0 spiro atoms. The van der Waals surface area contributed by atoms with Crippen LogP contribution in [0.1, 0.15) is 71.1 Å². The van der Waals surface area contributed by atoms with Crippen LogP contribution in [0.4, 0.5) is 0 Å². The fraction of sp³-hybridized carbons (Fsp3) is 1.00. The molecule has 0 aliphatic heterocycles. The van der Waals surface area contributed by atoms with Crippen molar-refractivity contribution < 1.29 is 16.8 Å². The summed E-state index contributed by atoms with van der Waals surface area (Å²) in [5.74, 6) is 1.07. The molecule has 2 heteroatoms. The Labute approximate surface area is 106 Å². The summed E-state index contributed by atoms with van der Waals surface area (Å²) in [6.45, 7) is 2.28. The van der Waals surface area contributed by atoms with Crippen LogP contribution in [0.5, 0.6) is 0 Å². The topological polar surface area (TPSA) is 0 Å². The SMILES string of the molecule is CCCCCCCCCCCCS.[Co]. The summed E-state index contributed by atoms with van der Waals surface area (Å²) in [5.41, 5.74) is 0. The molecule has 0 nitrogen and oxygen atoms in total. The fourth-order valence-corrected chi connectivity index (χ4v) is 1.82. The van der Waals surface area contributed by atoms with Crippen LogP contribution in [0.25, 0.3) is 0 Å². The maximum absolute atomic E-state index is 4.20. The third kappa shape index (κ3) is 15.3. The van der Waals surface area contributed by atoms with E-state index in [1.165, 1.54) is 64.2 Å².